The Morgan fingerprint density at radius 3 is 2.52 bits per heavy atom. The third-order valence-corrected chi connectivity index (χ3v) is 6.35. The molecule has 4 aromatic rings. The zero-order valence-electron chi connectivity index (χ0n) is 18.7. The van der Waals surface area contributed by atoms with Crippen molar-refractivity contribution in [1.29, 1.82) is 0 Å². The molecular formula is C26H26N6S. The van der Waals surface area contributed by atoms with Crippen LogP contribution in [0.3, 0.4) is 0 Å². The van der Waals surface area contributed by atoms with Crippen molar-refractivity contribution < 1.29 is 0 Å². The Hall–Kier alpha value is -3.71. The van der Waals surface area contributed by atoms with Gasteiger partial charge in [0.1, 0.15) is 0 Å². The van der Waals surface area contributed by atoms with Gasteiger partial charge in [-0.2, -0.15) is 0 Å². The second-order valence-corrected chi connectivity index (χ2v) is 8.72. The van der Waals surface area contributed by atoms with E-state index in [1.165, 1.54) is 5.69 Å². The van der Waals surface area contributed by atoms with Crippen LogP contribution in [-0.4, -0.2) is 38.6 Å². The van der Waals surface area contributed by atoms with Crippen molar-refractivity contribution in [3.63, 3.8) is 0 Å². The van der Waals surface area contributed by atoms with Crippen LogP contribution in [-0.2, 0) is 6.54 Å². The molecule has 6 nitrogen and oxygen atoms in total. The number of nitrogens with one attached hydrogen (secondary N) is 1. The number of thiocarbonyl (C=S) groups is 1. The van der Waals surface area contributed by atoms with Gasteiger partial charge in [-0.3, -0.25) is 9.97 Å². The van der Waals surface area contributed by atoms with E-state index in [4.69, 9.17) is 12.2 Å². The van der Waals surface area contributed by atoms with Crippen molar-refractivity contribution in [2.75, 3.05) is 19.0 Å². The number of pyridine rings is 2. The van der Waals surface area contributed by atoms with Crippen LogP contribution in [0.4, 0.5) is 5.69 Å². The summed E-state index contributed by atoms with van der Waals surface area (Å²) in [6, 6.07) is 22.8. The minimum absolute atomic E-state index is 0.0314. The van der Waals surface area contributed by atoms with E-state index in [0.717, 1.165) is 27.8 Å². The van der Waals surface area contributed by atoms with E-state index in [0.29, 0.717) is 6.54 Å². The van der Waals surface area contributed by atoms with Gasteiger partial charge in [0, 0.05) is 62.5 Å². The number of benzene rings is 1. The van der Waals surface area contributed by atoms with Gasteiger partial charge in [-0.1, -0.05) is 12.1 Å². The third kappa shape index (κ3) is 4.19. The molecular weight excluding hydrogens is 428 g/mol. The number of aromatic nitrogens is 3. The highest BCUT2D eigenvalue weighted by atomic mass is 32.1. The molecule has 0 unspecified atom stereocenters. The summed E-state index contributed by atoms with van der Waals surface area (Å²) >= 11 is 5.83. The summed E-state index contributed by atoms with van der Waals surface area (Å²) in [6.45, 7) is 0.665. The molecule has 1 fully saturated rings. The summed E-state index contributed by atoms with van der Waals surface area (Å²) in [5.74, 6) is 0. The van der Waals surface area contributed by atoms with E-state index < -0.39 is 0 Å². The Bertz CT molecular complexity index is 1220. The molecule has 1 aromatic carbocycles. The zero-order chi connectivity index (χ0) is 22.8. The first-order chi connectivity index (χ1) is 16.1. The number of anilines is 1. The topological polar surface area (TPSA) is 49.2 Å². The largest absolute Gasteiger partial charge is 0.378 e. The lowest BCUT2D eigenvalue weighted by Crippen LogP contribution is -2.30. The molecule has 33 heavy (non-hydrogen) atoms. The maximum atomic E-state index is 5.83. The van der Waals surface area contributed by atoms with E-state index in [1.54, 1.807) is 6.20 Å². The average molecular weight is 455 g/mol. The van der Waals surface area contributed by atoms with Crippen molar-refractivity contribution in [2.24, 2.45) is 0 Å². The van der Waals surface area contributed by atoms with Gasteiger partial charge in [0.15, 0.2) is 5.11 Å². The Balaban J connectivity index is 1.57. The van der Waals surface area contributed by atoms with E-state index in [-0.39, 0.29) is 12.1 Å². The number of rotatable bonds is 6. The van der Waals surface area contributed by atoms with Crippen LogP contribution in [0.5, 0.6) is 0 Å². The molecule has 1 aliphatic rings. The Morgan fingerprint density at radius 2 is 1.82 bits per heavy atom. The fourth-order valence-electron chi connectivity index (χ4n) is 4.37. The van der Waals surface area contributed by atoms with Crippen LogP contribution >= 0.6 is 12.2 Å². The lowest BCUT2D eigenvalue weighted by atomic mass is 10.0. The molecule has 1 N–H and O–H groups in total. The lowest BCUT2D eigenvalue weighted by molar-refractivity contribution is 0.302. The highest BCUT2D eigenvalue weighted by Crippen LogP contribution is 2.40. The van der Waals surface area contributed by atoms with Gasteiger partial charge in [-0.15, -0.1) is 0 Å². The van der Waals surface area contributed by atoms with Gasteiger partial charge in [-0.05, 0) is 72.4 Å². The van der Waals surface area contributed by atoms with E-state index in [9.17, 15) is 0 Å². The summed E-state index contributed by atoms with van der Waals surface area (Å²) in [5.41, 5.74) is 5.51. The van der Waals surface area contributed by atoms with Crippen LogP contribution in [0.15, 0.2) is 91.5 Å². The molecule has 0 radical (unpaired) electrons. The summed E-state index contributed by atoms with van der Waals surface area (Å²) < 4.78 is 2.24. The van der Waals surface area contributed by atoms with Gasteiger partial charge in [0.05, 0.1) is 17.8 Å². The van der Waals surface area contributed by atoms with E-state index in [1.807, 2.05) is 30.6 Å². The molecule has 0 aliphatic carbocycles. The van der Waals surface area contributed by atoms with Gasteiger partial charge in [0.2, 0.25) is 0 Å². The summed E-state index contributed by atoms with van der Waals surface area (Å²) in [5, 5.41) is 4.25. The predicted molar refractivity (Wildman–Crippen MR) is 135 cm³/mol. The standard InChI is InChI=1S/C26H26N6S/c1-30(2)20-10-12-21(13-11-20)31-16-6-9-23(31)25-24(22-8-3-4-15-28-22)29-26(33)32(25)18-19-7-5-14-27-17-19/h3-17,24-25H,18H2,1-2H3,(H,29,33)/t24-,25-/m1/s1. The third-order valence-electron chi connectivity index (χ3n) is 6.00. The minimum Gasteiger partial charge on any atom is -0.378 e. The quantitative estimate of drug-likeness (QED) is 0.433. The average Bonchev–Trinajstić information content (AvgIpc) is 3.45. The Labute approximate surface area is 199 Å². The molecule has 5 rings (SSSR count). The van der Waals surface area contributed by atoms with E-state index >= 15 is 0 Å². The molecule has 0 amide bonds. The molecule has 7 heteroatoms. The molecule has 0 spiro atoms. The molecule has 0 saturated carbocycles. The maximum Gasteiger partial charge on any atom is 0.170 e. The van der Waals surface area contributed by atoms with Crippen molar-refractivity contribution in [2.45, 2.75) is 18.6 Å². The highest BCUT2D eigenvalue weighted by molar-refractivity contribution is 7.80. The number of hydrogen-bond donors (Lipinski definition) is 1. The number of hydrogen-bond acceptors (Lipinski definition) is 4. The van der Waals surface area contributed by atoms with Gasteiger partial charge >= 0.3 is 0 Å². The van der Waals surface area contributed by atoms with Crippen LogP contribution < -0.4 is 10.2 Å². The number of nitrogens with zero attached hydrogens (tertiary/aromatic N) is 5. The van der Waals surface area contributed by atoms with Gasteiger partial charge < -0.3 is 19.7 Å². The monoisotopic (exact) mass is 454 g/mol. The van der Waals surface area contributed by atoms with Gasteiger partial charge in [0.25, 0.3) is 0 Å². The second kappa shape index (κ2) is 9.03. The molecule has 3 aromatic heterocycles. The van der Waals surface area contributed by atoms with E-state index in [2.05, 4.69) is 98.5 Å². The summed E-state index contributed by atoms with van der Waals surface area (Å²) in [7, 11) is 4.10. The molecule has 4 heterocycles. The summed E-state index contributed by atoms with van der Waals surface area (Å²) in [6.07, 6.45) is 7.63. The minimum atomic E-state index is -0.0648. The Morgan fingerprint density at radius 1 is 0.970 bits per heavy atom. The second-order valence-electron chi connectivity index (χ2n) is 8.33. The van der Waals surface area contributed by atoms with Gasteiger partial charge in [-0.25, -0.2) is 0 Å². The zero-order valence-corrected chi connectivity index (χ0v) is 19.5. The molecule has 2 atom stereocenters. The highest BCUT2D eigenvalue weighted by Gasteiger charge is 2.41. The molecule has 0 bridgehead atoms. The maximum absolute atomic E-state index is 5.83. The Kier molecular flexibility index (Phi) is 5.79. The van der Waals surface area contributed by atoms with Crippen molar-refractivity contribution >= 4 is 23.0 Å². The SMILES string of the molecule is CN(C)c1ccc(-n2cccc2[C@@H]2[C@@H](c3ccccn3)NC(=S)N2Cc2cccnc2)cc1. The van der Waals surface area contributed by atoms with Crippen LogP contribution in [0.25, 0.3) is 5.69 Å². The fraction of sp³-hybridized carbons (Fsp3) is 0.192. The first kappa shape index (κ1) is 21.2. The molecule has 1 aliphatic heterocycles. The van der Waals surface area contributed by atoms with Crippen molar-refractivity contribution in [1.82, 2.24) is 24.8 Å². The van der Waals surface area contributed by atoms with Crippen molar-refractivity contribution in [3.8, 4) is 5.69 Å². The van der Waals surface area contributed by atoms with Crippen LogP contribution in [0.2, 0.25) is 0 Å². The first-order valence-corrected chi connectivity index (χ1v) is 11.3. The lowest BCUT2D eigenvalue weighted by Gasteiger charge is -2.29. The predicted octanol–water partition coefficient (Wildman–Crippen LogP) is 4.51. The van der Waals surface area contributed by atoms with Crippen LogP contribution in [0, 0.1) is 0 Å². The first-order valence-electron chi connectivity index (χ1n) is 10.9. The molecule has 166 valence electrons. The van der Waals surface area contributed by atoms with Crippen molar-refractivity contribution in [3.05, 3.63) is 108 Å². The van der Waals surface area contributed by atoms with Crippen LogP contribution in [0.1, 0.15) is 29.0 Å². The smallest absolute Gasteiger partial charge is 0.170 e. The molecule has 1 saturated heterocycles. The normalized spacial score (nSPS) is 17.8. The fourth-order valence-corrected chi connectivity index (χ4v) is 4.67. The summed E-state index contributed by atoms with van der Waals surface area (Å²) in [4.78, 5) is 13.3.